The van der Waals surface area contributed by atoms with Crippen molar-refractivity contribution in [1.82, 2.24) is 0 Å². The number of ether oxygens (including phenoxy) is 2. The van der Waals surface area contributed by atoms with Crippen LogP contribution in [0.1, 0.15) is 37.8 Å². The minimum absolute atomic E-state index is 0.225. The molecular formula is C15H25NO2. The van der Waals surface area contributed by atoms with Crippen molar-refractivity contribution in [2.45, 2.75) is 45.8 Å². The normalized spacial score (nSPS) is 12.4. The van der Waals surface area contributed by atoms with Gasteiger partial charge in [0.25, 0.3) is 0 Å². The van der Waals surface area contributed by atoms with E-state index in [4.69, 9.17) is 15.2 Å². The SMILES string of the molecule is CCCOc1ccc(CC(N)CC)cc1COC. The molecule has 0 saturated carbocycles. The maximum Gasteiger partial charge on any atom is 0.124 e. The van der Waals surface area contributed by atoms with Crippen molar-refractivity contribution in [2.24, 2.45) is 5.73 Å². The van der Waals surface area contributed by atoms with E-state index in [-0.39, 0.29) is 6.04 Å². The van der Waals surface area contributed by atoms with Gasteiger partial charge in [0.1, 0.15) is 5.75 Å². The maximum atomic E-state index is 5.98. The number of methoxy groups -OCH3 is 1. The van der Waals surface area contributed by atoms with Crippen molar-refractivity contribution in [1.29, 1.82) is 0 Å². The van der Waals surface area contributed by atoms with Gasteiger partial charge in [0, 0.05) is 18.7 Å². The third-order valence-electron chi connectivity index (χ3n) is 2.91. The lowest BCUT2D eigenvalue weighted by Gasteiger charge is -2.14. The van der Waals surface area contributed by atoms with E-state index in [0.29, 0.717) is 6.61 Å². The second-order valence-corrected chi connectivity index (χ2v) is 4.60. The molecule has 1 aromatic rings. The van der Waals surface area contributed by atoms with Crippen LogP contribution in [0.5, 0.6) is 5.75 Å². The fourth-order valence-corrected chi connectivity index (χ4v) is 1.83. The summed E-state index contributed by atoms with van der Waals surface area (Å²) >= 11 is 0. The molecule has 18 heavy (non-hydrogen) atoms. The second-order valence-electron chi connectivity index (χ2n) is 4.60. The van der Waals surface area contributed by atoms with Crippen molar-refractivity contribution < 1.29 is 9.47 Å². The summed E-state index contributed by atoms with van der Waals surface area (Å²) in [6.07, 6.45) is 2.91. The van der Waals surface area contributed by atoms with Gasteiger partial charge in [0.2, 0.25) is 0 Å². The highest BCUT2D eigenvalue weighted by Crippen LogP contribution is 2.22. The first-order valence-electron chi connectivity index (χ1n) is 6.70. The van der Waals surface area contributed by atoms with Crippen molar-refractivity contribution in [3.05, 3.63) is 29.3 Å². The number of hydrogen-bond donors (Lipinski definition) is 1. The van der Waals surface area contributed by atoms with Crippen LogP contribution in [-0.2, 0) is 17.8 Å². The van der Waals surface area contributed by atoms with E-state index in [0.717, 1.165) is 37.2 Å². The number of rotatable bonds is 8. The number of benzene rings is 1. The summed E-state index contributed by atoms with van der Waals surface area (Å²) in [5, 5.41) is 0. The van der Waals surface area contributed by atoms with E-state index < -0.39 is 0 Å². The molecule has 0 spiro atoms. The molecule has 0 bridgehead atoms. The predicted octanol–water partition coefficient (Wildman–Crippen LogP) is 2.90. The van der Waals surface area contributed by atoms with Gasteiger partial charge in [-0.15, -0.1) is 0 Å². The molecule has 0 aliphatic rings. The van der Waals surface area contributed by atoms with Gasteiger partial charge in [-0.05, 0) is 37.0 Å². The minimum atomic E-state index is 0.225. The van der Waals surface area contributed by atoms with E-state index in [1.54, 1.807) is 7.11 Å². The van der Waals surface area contributed by atoms with Crippen LogP contribution in [0.4, 0.5) is 0 Å². The monoisotopic (exact) mass is 251 g/mol. The van der Waals surface area contributed by atoms with Crippen LogP contribution >= 0.6 is 0 Å². The zero-order valence-corrected chi connectivity index (χ0v) is 11.7. The first kappa shape index (κ1) is 15.0. The molecule has 0 aliphatic carbocycles. The van der Waals surface area contributed by atoms with E-state index in [1.807, 2.05) is 6.07 Å². The van der Waals surface area contributed by atoms with Crippen LogP contribution in [0, 0.1) is 0 Å². The highest BCUT2D eigenvalue weighted by atomic mass is 16.5. The van der Waals surface area contributed by atoms with Crippen LogP contribution in [0.3, 0.4) is 0 Å². The topological polar surface area (TPSA) is 44.5 Å². The smallest absolute Gasteiger partial charge is 0.124 e. The largest absolute Gasteiger partial charge is 0.493 e. The molecule has 3 heteroatoms. The third kappa shape index (κ3) is 4.67. The lowest BCUT2D eigenvalue weighted by atomic mass is 10.0. The summed E-state index contributed by atoms with van der Waals surface area (Å²) in [4.78, 5) is 0. The fraction of sp³-hybridized carbons (Fsp3) is 0.600. The van der Waals surface area contributed by atoms with Crippen LogP contribution in [-0.4, -0.2) is 19.8 Å². The third-order valence-corrected chi connectivity index (χ3v) is 2.91. The Labute approximate surface area is 110 Å². The molecule has 0 heterocycles. The molecule has 102 valence electrons. The van der Waals surface area contributed by atoms with E-state index in [1.165, 1.54) is 5.56 Å². The zero-order valence-electron chi connectivity index (χ0n) is 11.7. The summed E-state index contributed by atoms with van der Waals surface area (Å²) in [6, 6.07) is 6.49. The molecule has 0 amide bonds. The van der Waals surface area contributed by atoms with Gasteiger partial charge in [-0.2, -0.15) is 0 Å². The van der Waals surface area contributed by atoms with Crippen molar-refractivity contribution in [3.63, 3.8) is 0 Å². The van der Waals surface area contributed by atoms with Gasteiger partial charge in [-0.3, -0.25) is 0 Å². The molecule has 0 radical (unpaired) electrons. The molecule has 1 unspecified atom stereocenters. The van der Waals surface area contributed by atoms with Gasteiger partial charge in [-0.1, -0.05) is 19.9 Å². The molecule has 1 atom stereocenters. The molecule has 1 rings (SSSR count). The lowest BCUT2D eigenvalue weighted by Crippen LogP contribution is -2.21. The Balaban J connectivity index is 2.81. The van der Waals surface area contributed by atoms with Crippen LogP contribution < -0.4 is 10.5 Å². The number of nitrogens with two attached hydrogens (primary N) is 1. The Kier molecular flexibility index (Phi) is 6.76. The first-order chi connectivity index (χ1) is 8.71. The standard InChI is InChI=1S/C15H25NO2/c1-4-8-18-15-7-6-12(10-14(16)5-2)9-13(15)11-17-3/h6-7,9,14H,4-5,8,10-11,16H2,1-3H3. The summed E-state index contributed by atoms with van der Waals surface area (Å²) in [7, 11) is 1.70. The first-order valence-corrected chi connectivity index (χ1v) is 6.70. The summed E-state index contributed by atoms with van der Waals surface area (Å²) in [6.45, 7) is 5.53. The van der Waals surface area contributed by atoms with Gasteiger partial charge in [-0.25, -0.2) is 0 Å². The molecule has 3 nitrogen and oxygen atoms in total. The Morgan fingerprint density at radius 2 is 2.06 bits per heavy atom. The quantitative estimate of drug-likeness (QED) is 0.772. The van der Waals surface area contributed by atoms with Crippen molar-refractivity contribution >= 4 is 0 Å². The van der Waals surface area contributed by atoms with E-state index >= 15 is 0 Å². The molecule has 0 saturated heterocycles. The van der Waals surface area contributed by atoms with Crippen LogP contribution in [0.15, 0.2) is 18.2 Å². The molecule has 0 aliphatic heterocycles. The molecular weight excluding hydrogens is 226 g/mol. The van der Waals surface area contributed by atoms with E-state index in [2.05, 4.69) is 26.0 Å². The van der Waals surface area contributed by atoms with Crippen LogP contribution in [0.25, 0.3) is 0 Å². The Morgan fingerprint density at radius 1 is 1.28 bits per heavy atom. The van der Waals surface area contributed by atoms with Crippen molar-refractivity contribution in [2.75, 3.05) is 13.7 Å². The van der Waals surface area contributed by atoms with E-state index in [9.17, 15) is 0 Å². The summed E-state index contributed by atoms with van der Waals surface area (Å²) < 4.78 is 10.9. The van der Waals surface area contributed by atoms with Crippen LogP contribution in [0.2, 0.25) is 0 Å². The summed E-state index contributed by atoms with van der Waals surface area (Å²) in [5.41, 5.74) is 8.34. The molecule has 1 aromatic carbocycles. The van der Waals surface area contributed by atoms with Gasteiger partial charge in [0.15, 0.2) is 0 Å². The number of hydrogen-bond acceptors (Lipinski definition) is 3. The molecule has 0 aromatic heterocycles. The fourth-order valence-electron chi connectivity index (χ4n) is 1.83. The lowest BCUT2D eigenvalue weighted by molar-refractivity contribution is 0.179. The molecule has 2 N–H and O–H groups in total. The Bertz CT molecular complexity index is 352. The summed E-state index contributed by atoms with van der Waals surface area (Å²) in [5.74, 6) is 0.924. The highest BCUT2D eigenvalue weighted by molar-refractivity contribution is 5.37. The van der Waals surface area contributed by atoms with Gasteiger partial charge >= 0.3 is 0 Å². The highest BCUT2D eigenvalue weighted by Gasteiger charge is 2.07. The van der Waals surface area contributed by atoms with Gasteiger partial charge in [0.05, 0.1) is 13.2 Å². The Hall–Kier alpha value is -1.06. The van der Waals surface area contributed by atoms with Crippen molar-refractivity contribution in [3.8, 4) is 5.75 Å². The second kappa shape index (κ2) is 8.11. The zero-order chi connectivity index (χ0) is 13.4. The average Bonchev–Trinajstić information content (AvgIpc) is 2.38. The average molecular weight is 251 g/mol. The minimum Gasteiger partial charge on any atom is -0.493 e. The molecule has 0 fully saturated rings. The van der Waals surface area contributed by atoms with Gasteiger partial charge < -0.3 is 15.2 Å². The predicted molar refractivity (Wildman–Crippen MR) is 74.9 cm³/mol. The maximum absolute atomic E-state index is 5.98. The Morgan fingerprint density at radius 3 is 2.67 bits per heavy atom.